The Morgan fingerprint density at radius 1 is 1.29 bits per heavy atom. The Hall–Kier alpha value is -2.14. The van der Waals surface area contributed by atoms with Crippen molar-refractivity contribution in [2.24, 2.45) is 14.1 Å². The number of nitrogens with two attached hydrogens (primary N) is 1. The molecule has 0 amide bonds. The molecule has 2 heterocycles. The minimum atomic E-state index is -0.691. The number of nitrogen functional groups attached to an aromatic ring is 1. The number of hydrogen-bond acceptors (Lipinski definition) is 9. The van der Waals surface area contributed by atoms with Crippen LogP contribution in [-0.4, -0.2) is 37.4 Å². The number of aromatic nitrogens is 4. The van der Waals surface area contributed by atoms with Gasteiger partial charge in [0.1, 0.15) is 11.4 Å². The molecule has 0 unspecified atom stereocenters. The zero-order valence-corrected chi connectivity index (χ0v) is 15.2. The minimum absolute atomic E-state index is 0.0138. The molecule has 0 radical (unpaired) electrons. The number of carbonyl (C=O) groups excluding carboxylic acids is 1. The van der Waals surface area contributed by atoms with Gasteiger partial charge in [0.05, 0.1) is 5.75 Å². The van der Waals surface area contributed by atoms with E-state index < -0.39 is 17.0 Å². The first-order valence-electron chi connectivity index (χ1n) is 7.15. The third-order valence-electron chi connectivity index (χ3n) is 3.25. The molecule has 0 saturated heterocycles. The quantitative estimate of drug-likeness (QED) is 0.527. The number of thioether (sulfide) groups is 1. The summed E-state index contributed by atoms with van der Waals surface area (Å²) >= 11 is 2.51. The highest BCUT2D eigenvalue weighted by Gasteiger charge is 2.20. The number of ketones is 1. The van der Waals surface area contributed by atoms with Crippen LogP contribution in [0.25, 0.3) is 0 Å². The second-order valence-corrected chi connectivity index (χ2v) is 7.18. The van der Waals surface area contributed by atoms with E-state index in [1.54, 1.807) is 0 Å². The average Bonchev–Trinajstić information content (AvgIpc) is 3.02. The summed E-state index contributed by atoms with van der Waals surface area (Å²) in [7, 11) is 2.72. The minimum Gasteiger partial charge on any atom is -0.384 e. The van der Waals surface area contributed by atoms with Crippen LogP contribution in [-0.2, 0) is 14.1 Å². The maximum Gasteiger partial charge on any atom is 0.332 e. The van der Waals surface area contributed by atoms with Crippen LogP contribution in [0.15, 0.2) is 13.9 Å². The molecular formula is C13H18N6O3S2. The van der Waals surface area contributed by atoms with Crippen LogP contribution < -0.4 is 22.3 Å². The first-order valence-corrected chi connectivity index (χ1v) is 8.95. The van der Waals surface area contributed by atoms with Crippen molar-refractivity contribution in [3.8, 4) is 0 Å². The Bertz CT molecular complexity index is 870. The van der Waals surface area contributed by atoms with Crippen molar-refractivity contribution in [3.05, 3.63) is 26.4 Å². The van der Waals surface area contributed by atoms with Gasteiger partial charge in [-0.05, 0) is 6.42 Å². The Morgan fingerprint density at radius 2 is 2.00 bits per heavy atom. The summed E-state index contributed by atoms with van der Waals surface area (Å²) in [4.78, 5) is 36.3. The molecule has 0 aliphatic rings. The van der Waals surface area contributed by atoms with Crippen LogP contribution in [0.1, 0.15) is 23.7 Å². The molecule has 24 heavy (non-hydrogen) atoms. The summed E-state index contributed by atoms with van der Waals surface area (Å²) in [5, 5.41) is 11.7. The smallest absolute Gasteiger partial charge is 0.332 e. The number of Topliss-reactive ketones (excluding diaryl/α,β-unsaturated/α-hetero) is 1. The van der Waals surface area contributed by atoms with Gasteiger partial charge in [-0.3, -0.25) is 18.7 Å². The monoisotopic (exact) mass is 370 g/mol. The Morgan fingerprint density at radius 3 is 2.67 bits per heavy atom. The number of nitrogens with zero attached hydrogens (tertiary/aromatic N) is 4. The second-order valence-electron chi connectivity index (χ2n) is 4.98. The van der Waals surface area contributed by atoms with E-state index in [9.17, 15) is 14.4 Å². The second kappa shape index (κ2) is 7.62. The summed E-state index contributed by atoms with van der Waals surface area (Å²) in [6.45, 7) is 2.84. The van der Waals surface area contributed by atoms with E-state index in [0.29, 0.717) is 9.47 Å². The molecule has 0 saturated carbocycles. The Kier molecular flexibility index (Phi) is 5.78. The van der Waals surface area contributed by atoms with E-state index in [4.69, 9.17) is 5.73 Å². The molecule has 11 heteroatoms. The summed E-state index contributed by atoms with van der Waals surface area (Å²) in [5.41, 5.74) is 4.32. The van der Waals surface area contributed by atoms with Crippen LogP contribution in [0.2, 0.25) is 0 Å². The highest BCUT2D eigenvalue weighted by atomic mass is 32.2. The maximum absolute atomic E-state index is 12.4. The summed E-state index contributed by atoms with van der Waals surface area (Å²) in [5.74, 6) is -0.594. The van der Waals surface area contributed by atoms with E-state index in [1.165, 1.54) is 37.2 Å². The van der Waals surface area contributed by atoms with Gasteiger partial charge in [0, 0.05) is 20.6 Å². The maximum atomic E-state index is 12.4. The number of rotatable bonds is 7. The van der Waals surface area contributed by atoms with Crippen molar-refractivity contribution in [3.63, 3.8) is 0 Å². The van der Waals surface area contributed by atoms with Crippen molar-refractivity contribution in [1.29, 1.82) is 0 Å². The van der Waals surface area contributed by atoms with Gasteiger partial charge < -0.3 is 11.1 Å². The van der Waals surface area contributed by atoms with Crippen LogP contribution in [0.5, 0.6) is 0 Å². The summed E-state index contributed by atoms with van der Waals surface area (Å²) in [6, 6.07) is 0. The molecule has 3 N–H and O–H groups in total. The third-order valence-corrected chi connectivity index (χ3v) is 5.26. The lowest BCUT2D eigenvalue weighted by Crippen LogP contribution is -2.41. The van der Waals surface area contributed by atoms with Gasteiger partial charge in [-0.25, -0.2) is 4.79 Å². The number of carbonyl (C=O) groups is 1. The van der Waals surface area contributed by atoms with Gasteiger partial charge in [0.2, 0.25) is 5.13 Å². The van der Waals surface area contributed by atoms with E-state index >= 15 is 0 Å². The molecule has 0 aromatic carbocycles. The summed E-state index contributed by atoms with van der Waals surface area (Å²) < 4.78 is 2.56. The van der Waals surface area contributed by atoms with E-state index in [0.717, 1.165) is 22.1 Å². The molecule has 2 rings (SSSR count). The molecule has 0 atom stereocenters. The average molecular weight is 370 g/mol. The lowest BCUT2D eigenvalue weighted by atomic mass is 10.2. The van der Waals surface area contributed by atoms with E-state index in [-0.39, 0.29) is 17.1 Å². The molecule has 0 fully saturated rings. The van der Waals surface area contributed by atoms with Crippen molar-refractivity contribution in [2.75, 3.05) is 23.3 Å². The highest BCUT2D eigenvalue weighted by molar-refractivity contribution is 8.01. The summed E-state index contributed by atoms with van der Waals surface area (Å²) in [6.07, 6.45) is 0.968. The van der Waals surface area contributed by atoms with Gasteiger partial charge in [-0.2, -0.15) is 0 Å². The molecule has 0 aliphatic heterocycles. The van der Waals surface area contributed by atoms with Crippen molar-refractivity contribution < 1.29 is 4.79 Å². The highest BCUT2D eigenvalue weighted by Crippen LogP contribution is 2.26. The van der Waals surface area contributed by atoms with Crippen LogP contribution in [0, 0.1) is 0 Å². The molecule has 130 valence electrons. The van der Waals surface area contributed by atoms with Crippen molar-refractivity contribution >= 4 is 39.8 Å². The first-order chi connectivity index (χ1) is 11.4. The Balaban J connectivity index is 2.15. The van der Waals surface area contributed by atoms with Gasteiger partial charge >= 0.3 is 5.69 Å². The lowest BCUT2D eigenvalue weighted by molar-refractivity contribution is 0.102. The predicted octanol–water partition coefficient (Wildman–Crippen LogP) is 0.315. The largest absolute Gasteiger partial charge is 0.384 e. The van der Waals surface area contributed by atoms with Crippen molar-refractivity contribution in [1.82, 2.24) is 19.3 Å². The zero-order chi connectivity index (χ0) is 17.9. The van der Waals surface area contributed by atoms with Gasteiger partial charge in [0.25, 0.3) is 5.56 Å². The van der Waals surface area contributed by atoms with Gasteiger partial charge in [-0.1, -0.05) is 30.0 Å². The van der Waals surface area contributed by atoms with Gasteiger partial charge in [0.15, 0.2) is 10.1 Å². The standard InChI is InChI=1S/C13H18N6O3S2/c1-4-5-15-11-16-17-12(24-11)23-6-7(20)8-9(14)18(2)13(22)19(3)10(8)21/h4-6,14H2,1-3H3,(H,15,16). The van der Waals surface area contributed by atoms with Crippen LogP contribution in [0.4, 0.5) is 10.9 Å². The fourth-order valence-corrected chi connectivity index (χ4v) is 3.54. The molecule has 9 nitrogen and oxygen atoms in total. The predicted molar refractivity (Wildman–Crippen MR) is 95.1 cm³/mol. The molecular weight excluding hydrogens is 352 g/mol. The number of hydrogen-bond donors (Lipinski definition) is 2. The number of anilines is 2. The van der Waals surface area contributed by atoms with E-state index in [2.05, 4.69) is 15.5 Å². The third kappa shape index (κ3) is 3.67. The molecule has 0 aliphatic carbocycles. The Labute approximate surface area is 145 Å². The van der Waals surface area contributed by atoms with Crippen LogP contribution in [0.3, 0.4) is 0 Å². The molecule has 0 bridgehead atoms. The SMILES string of the molecule is CCCNc1nnc(SCC(=O)c2c(N)n(C)c(=O)n(C)c2=O)s1. The number of nitrogens with one attached hydrogen (secondary N) is 1. The normalized spacial score (nSPS) is 10.8. The van der Waals surface area contributed by atoms with Crippen LogP contribution >= 0.6 is 23.1 Å². The van der Waals surface area contributed by atoms with Gasteiger partial charge in [-0.15, -0.1) is 10.2 Å². The van der Waals surface area contributed by atoms with E-state index in [1.807, 2.05) is 6.92 Å². The topological polar surface area (TPSA) is 125 Å². The van der Waals surface area contributed by atoms with Crippen molar-refractivity contribution in [2.45, 2.75) is 17.7 Å². The molecule has 2 aromatic rings. The zero-order valence-electron chi connectivity index (χ0n) is 13.5. The molecule has 2 aromatic heterocycles. The lowest BCUT2D eigenvalue weighted by Gasteiger charge is -2.10. The fourth-order valence-electron chi connectivity index (χ4n) is 1.89. The fraction of sp³-hybridized carbons (Fsp3) is 0.462. The first kappa shape index (κ1) is 18.2. The molecule has 0 spiro atoms.